The second kappa shape index (κ2) is 9.14. The van der Waals surface area contributed by atoms with Gasteiger partial charge in [-0.1, -0.05) is 30.3 Å². The van der Waals surface area contributed by atoms with Crippen molar-refractivity contribution in [2.75, 3.05) is 16.4 Å². The van der Waals surface area contributed by atoms with Gasteiger partial charge >= 0.3 is 0 Å². The van der Waals surface area contributed by atoms with E-state index in [9.17, 15) is 18.4 Å². The van der Waals surface area contributed by atoms with Crippen molar-refractivity contribution in [3.8, 4) is 0 Å². The number of nitrogens with one attached hydrogen (secondary N) is 2. The number of anilines is 2. The maximum absolute atomic E-state index is 13.7. The van der Waals surface area contributed by atoms with E-state index in [1.807, 2.05) is 6.07 Å². The van der Waals surface area contributed by atoms with Crippen molar-refractivity contribution in [3.63, 3.8) is 0 Å². The summed E-state index contributed by atoms with van der Waals surface area (Å²) in [5.74, 6) is -2.25. The Morgan fingerprint density at radius 3 is 2.32 bits per heavy atom. The molecular weight excluding hydrogens is 382 g/mol. The molecule has 3 aromatic rings. The van der Waals surface area contributed by atoms with Crippen LogP contribution in [0.2, 0.25) is 0 Å². The molecule has 0 bridgehead atoms. The number of para-hydroxylation sites is 2. The average molecular weight is 398 g/mol. The van der Waals surface area contributed by atoms with E-state index >= 15 is 0 Å². The van der Waals surface area contributed by atoms with Gasteiger partial charge in [0.15, 0.2) is 0 Å². The Hall–Kier alpha value is -3.19. The van der Waals surface area contributed by atoms with Gasteiger partial charge in [-0.05, 0) is 36.4 Å². The molecule has 0 aliphatic heterocycles. The van der Waals surface area contributed by atoms with Gasteiger partial charge in [0, 0.05) is 16.6 Å². The van der Waals surface area contributed by atoms with Gasteiger partial charge in [0.2, 0.25) is 5.91 Å². The lowest BCUT2D eigenvalue weighted by atomic mass is 10.1. The van der Waals surface area contributed by atoms with Gasteiger partial charge < -0.3 is 10.6 Å². The summed E-state index contributed by atoms with van der Waals surface area (Å²) >= 11 is 0.946. The highest BCUT2D eigenvalue weighted by Crippen LogP contribution is 2.23. The number of halogens is 2. The molecule has 0 saturated carbocycles. The lowest BCUT2D eigenvalue weighted by molar-refractivity contribution is -0.113. The van der Waals surface area contributed by atoms with Crippen LogP contribution < -0.4 is 10.6 Å². The smallest absolute Gasteiger partial charge is 0.257 e. The molecule has 142 valence electrons. The van der Waals surface area contributed by atoms with Gasteiger partial charge in [0.25, 0.3) is 5.91 Å². The first kappa shape index (κ1) is 19.6. The average Bonchev–Trinajstić information content (AvgIpc) is 2.68. The number of thioether (sulfide) groups is 1. The van der Waals surface area contributed by atoms with Crippen LogP contribution >= 0.6 is 11.8 Å². The van der Waals surface area contributed by atoms with Crippen molar-refractivity contribution in [1.29, 1.82) is 0 Å². The number of rotatable bonds is 6. The van der Waals surface area contributed by atoms with Crippen LogP contribution in [0.3, 0.4) is 0 Å². The van der Waals surface area contributed by atoms with E-state index in [0.717, 1.165) is 23.9 Å². The van der Waals surface area contributed by atoms with E-state index < -0.39 is 17.5 Å². The standard InChI is InChI=1S/C21H16F2N2O2S/c22-14-10-11-19(17(23)12-14)28-13-20(26)25-18-9-5-4-8-16(18)21(27)24-15-6-2-1-3-7-15/h1-12H,13H2,(H,24,27)(H,25,26). The molecule has 4 nitrogen and oxygen atoms in total. The van der Waals surface area contributed by atoms with Crippen LogP contribution in [0, 0.1) is 11.6 Å². The van der Waals surface area contributed by atoms with Gasteiger partial charge in [-0.15, -0.1) is 11.8 Å². The van der Waals surface area contributed by atoms with E-state index in [1.165, 1.54) is 6.07 Å². The number of carbonyl (C=O) groups excluding carboxylic acids is 2. The van der Waals surface area contributed by atoms with E-state index in [0.29, 0.717) is 16.9 Å². The van der Waals surface area contributed by atoms with Crippen LogP contribution in [0.25, 0.3) is 0 Å². The van der Waals surface area contributed by atoms with Crippen molar-refractivity contribution in [2.24, 2.45) is 0 Å². The largest absolute Gasteiger partial charge is 0.325 e. The Morgan fingerprint density at radius 2 is 1.57 bits per heavy atom. The van der Waals surface area contributed by atoms with Crippen molar-refractivity contribution in [3.05, 3.63) is 90.0 Å². The molecule has 7 heteroatoms. The molecule has 0 heterocycles. The molecule has 0 unspecified atom stereocenters. The summed E-state index contributed by atoms with van der Waals surface area (Å²) in [7, 11) is 0. The minimum Gasteiger partial charge on any atom is -0.325 e. The van der Waals surface area contributed by atoms with Gasteiger partial charge in [0.1, 0.15) is 11.6 Å². The van der Waals surface area contributed by atoms with Gasteiger partial charge in [-0.2, -0.15) is 0 Å². The third-order valence-corrected chi connectivity index (χ3v) is 4.78. The Balaban J connectivity index is 1.65. The van der Waals surface area contributed by atoms with E-state index in [2.05, 4.69) is 10.6 Å². The number of amides is 2. The molecule has 0 radical (unpaired) electrons. The summed E-state index contributed by atoms with van der Waals surface area (Å²) in [6.07, 6.45) is 0. The fourth-order valence-corrected chi connectivity index (χ4v) is 3.15. The maximum Gasteiger partial charge on any atom is 0.257 e. The van der Waals surface area contributed by atoms with Crippen LogP contribution in [0.5, 0.6) is 0 Å². The number of benzene rings is 3. The minimum atomic E-state index is -0.722. The van der Waals surface area contributed by atoms with Crippen molar-refractivity contribution in [2.45, 2.75) is 4.90 Å². The SMILES string of the molecule is O=C(CSc1ccc(F)cc1F)Nc1ccccc1C(=O)Nc1ccccc1. The summed E-state index contributed by atoms with van der Waals surface area (Å²) in [5, 5.41) is 5.42. The molecule has 0 aliphatic carbocycles. The van der Waals surface area contributed by atoms with Gasteiger partial charge in [-0.3, -0.25) is 9.59 Å². The van der Waals surface area contributed by atoms with Crippen molar-refractivity contribution >= 4 is 35.0 Å². The zero-order chi connectivity index (χ0) is 19.9. The third-order valence-electron chi connectivity index (χ3n) is 3.73. The number of hydrogen-bond acceptors (Lipinski definition) is 3. The first-order valence-corrected chi connectivity index (χ1v) is 9.34. The first-order valence-electron chi connectivity index (χ1n) is 8.36. The zero-order valence-corrected chi connectivity index (χ0v) is 15.4. The molecule has 0 spiro atoms. The van der Waals surface area contributed by atoms with Crippen LogP contribution in [-0.2, 0) is 4.79 Å². The van der Waals surface area contributed by atoms with E-state index in [1.54, 1.807) is 48.5 Å². The molecule has 0 aromatic heterocycles. The third kappa shape index (κ3) is 5.17. The lowest BCUT2D eigenvalue weighted by Gasteiger charge is -2.11. The summed E-state index contributed by atoms with van der Waals surface area (Å²) in [6, 6.07) is 18.7. The molecule has 28 heavy (non-hydrogen) atoms. The van der Waals surface area contributed by atoms with Crippen LogP contribution in [0.15, 0.2) is 77.7 Å². The van der Waals surface area contributed by atoms with Crippen LogP contribution in [-0.4, -0.2) is 17.6 Å². The molecule has 0 saturated heterocycles. The molecular formula is C21H16F2N2O2S. The zero-order valence-electron chi connectivity index (χ0n) is 14.6. The molecule has 2 amide bonds. The molecule has 3 rings (SSSR count). The predicted molar refractivity (Wildman–Crippen MR) is 107 cm³/mol. The highest BCUT2D eigenvalue weighted by molar-refractivity contribution is 8.00. The van der Waals surface area contributed by atoms with Gasteiger partial charge in [-0.25, -0.2) is 8.78 Å². The Bertz CT molecular complexity index is 997. The summed E-state index contributed by atoms with van der Waals surface area (Å²) < 4.78 is 26.6. The molecule has 3 aromatic carbocycles. The lowest BCUT2D eigenvalue weighted by Crippen LogP contribution is -2.19. The number of carbonyl (C=O) groups is 2. The van der Waals surface area contributed by atoms with Crippen molar-refractivity contribution in [1.82, 2.24) is 0 Å². The summed E-state index contributed by atoms with van der Waals surface area (Å²) in [5.41, 5.74) is 1.29. The molecule has 2 N–H and O–H groups in total. The Labute approximate surface area is 165 Å². The fraction of sp³-hybridized carbons (Fsp3) is 0.0476. The summed E-state index contributed by atoms with van der Waals surface area (Å²) in [6.45, 7) is 0. The fourth-order valence-electron chi connectivity index (χ4n) is 2.43. The molecule has 0 aliphatic rings. The minimum absolute atomic E-state index is 0.0861. The Kier molecular flexibility index (Phi) is 6.39. The van der Waals surface area contributed by atoms with E-state index in [-0.39, 0.29) is 16.6 Å². The van der Waals surface area contributed by atoms with Gasteiger partial charge in [0.05, 0.1) is 17.0 Å². The van der Waals surface area contributed by atoms with Crippen LogP contribution in [0.4, 0.5) is 20.2 Å². The predicted octanol–water partition coefficient (Wildman–Crippen LogP) is 4.95. The monoisotopic (exact) mass is 398 g/mol. The van der Waals surface area contributed by atoms with Crippen LogP contribution in [0.1, 0.15) is 10.4 Å². The Morgan fingerprint density at radius 1 is 0.857 bits per heavy atom. The normalized spacial score (nSPS) is 10.4. The topological polar surface area (TPSA) is 58.2 Å². The number of hydrogen-bond donors (Lipinski definition) is 2. The highest BCUT2D eigenvalue weighted by atomic mass is 32.2. The molecule has 0 atom stereocenters. The second-order valence-electron chi connectivity index (χ2n) is 5.78. The summed E-state index contributed by atoms with van der Waals surface area (Å²) in [4.78, 5) is 24.9. The quantitative estimate of drug-likeness (QED) is 0.578. The molecule has 0 fully saturated rings. The first-order chi connectivity index (χ1) is 13.5. The van der Waals surface area contributed by atoms with Crippen molar-refractivity contribution < 1.29 is 18.4 Å². The highest BCUT2D eigenvalue weighted by Gasteiger charge is 2.14. The van der Waals surface area contributed by atoms with E-state index in [4.69, 9.17) is 0 Å². The maximum atomic E-state index is 13.7. The second-order valence-corrected chi connectivity index (χ2v) is 6.79.